The predicted molar refractivity (Wildman–Crippen MR) is 106 cm³/mol. The van der Waals surface area contributed by atoms with Crippen molar-refractivity contribution in [2.24, 2.45) is 0 Å². The molecule has 0 aliphatic carbocycles. The van der Waals surface area contributed by atoms with Crippen LogP contribution in [-0.4, -0.2) is 26.2 Å². The molecule has 1 atom stereocenters. The molecule has 0 radical (unpaired) electrons. The molecule has 0 spiro atoms. The van der Waals surface area contributed by atoms with Crippen molar-refractivity contribution in [2.75, 3.05) is 19.5 Å². The number of nitrogens with one attached hydrogen (secondary N) is 3. The number of aryl methyl sites for hydroxylation is 1. The van der Waals surface area contributed by atoms with Crippen molar-refractivity contribution >= 4 is 17.6 Å². The molecule has 0 aromatic heterocycles. The second kappa shape index (κ2) is 8.04. The highest BCUT2D eigenvalue weighted by Crippen LogP contribution is 2.34. The van der Waals surface area contributed by atoms with Gasteiger partial charge in [-0.1, -0.05) is 18.2 Å². The summed E-state index contributed by atoms with van der Waals surface area (Å²) in [5.74, 6) is 0.789. The molecule has 1 unspecified atom stereocenters. The van der Waals surface area contributed by atoms with Crippen LogP contribution in [0.2, 0.25) is 0 Å². The second-order valence-corrected chi connectivity index (χ2v) is 6.51. The van der Waals surface area contributed by atoms with Crippen molar-refractivity contribution in [2.45, 2.75) is 19.9 Å². The van der Waals surface area contributed by atoms with E-state index in [0.717, 1.165) is 5.56 Å². The van der Waals surface area contributed by atoms with Crippen molar-refractivity contribution in [1.29, 1.82) is 0 Å². The molecule has 7 nitrogen and oxygen atoms in total. The van der Waals surface area contributed by atoms with Gasteiger partial charge in [0.05, 0.1) is 25.8 Å². The number of carbonyl (C=O) groups excluding carboxylic acids is 2. The van der Waals surface area contributed by atoms with E-state index in [4.69, 9.17) is 9.47 Å². The molecule has 146 valence electrons. The number of hydrogen-bond acceptors (Lipinski definition) is 4. The third-order valence-corrected chi connectivity index (χ3v) is 4.53. The van der Waals surface area contributed by atoms with Crippen molar-refractivity contribution in [3.63, 3.8) is 0 Å². The topological polar surface area (TPSA) is 88.7 Å². The molecule has 3 N–H and O–H groups in total. The van der Waals surface area contributed by atoms with E-state index in [0.29, 0.717) is 34.0 Å². The zero-order valence-electron chi connectivity index (χ0n) is 16.3. The van der Waals surface area contributed by atoms with Gasteiger partial charge in [-0.2, -0.15) is 0 Å². The predicted octanol–water partition coefficient (Wildman–Crippen LogP) is 3.28. The molecule has 2 aromatic rings. The van der Waals surface area contributed by atoms with E-state index >= 15 is 0 Å². The summed E-state index contributed by atoms with van der Waals surface area (Å²) in [5, 5.41) is 8.39. The summed E-state index contributed by atoms with van der Waals surface area (Å²) < 4.78 is 10.6. The highest BCUT2D eigenvalue weighted by Gasteiger charge is 2.31. The van der Waals surface area contributed by atoms with Gasteiger partial charge in [-0.05, 0) is 49.2 Å². The fourth-order valence-electron chi connectivity index (χ4n) is 3.20. The molecule has 7 heteroatoms. The van der Waals surface area contributed by atoms with Gasteiger partial charge in [0.25, 0.3) is 5.91 Å². The molecule has 1 heterocycles. The van der Waals surface area contributed by atoms with Crippen LogP contribution in [0.25, 0.3) is 0 Å². The van der Waals surface area contributed by atoms with E-state index in [9.17, 15) is 9.59 Å². The van der Waals surface area contributed by atoms with Crippen LogP contribution in [0, 0.1) is 6.92 Å². The van der Waals surface area contributed by atoms with E-state index in [1.54, 1.807) is 32.2 Å². The van der Waals surface area contributed by atoms with Crippen LogP contribution < -0.4 is 25.4 Å². The summed E-state index contributed by atoms with van der Waals surface area (Å²) in [4.78, 5) is 25.1. The second-order valence-electron chi connectivity index (χ2n) is 6.51. The van der Waals surface area contributed by atoms with Crippen molar-refractivity contribution in [1.82, 2.24) is 10.6 Å². The van der Waals surface area contributed by atoms with Gasteiger partial charge in [-0.3, -0.25) is 4.79 Å². The Bertz CT molecular complexity index is 952. The number of ether oxygens (including phenoxy) is 2. The number of amides is 3. The van der Waals surface area contributed by atoms with Gasteiger partial charge in [0.15, 0.2) is 11.5 Å². The Labute approximate surface area is 163 Å². The average Bonchev–Trinajstić information content (AvgIpc) is 2.66. The van der Waals surface area contributed by atoms with Gasteiger partial charge in [0.1, 0.15) is 0 Å². The first-order valence-electron chi connectivity index (χ1n) is 8.81. The normalized spacial score (nSPS) is 16.1. The van der Waals surface area contributed by atoms with E-state index in [2.05, 4.69) is 16.0 Å². The number of benzene rings is 2. The number of urea groups is 1. The van der Waals surface area contributed by atoms with Gasteiger partial charge in [-0.25, -0.2) is 4.79 Å². The van der Waals surface area contributed by atoms with Crippen molar-refractivity contribution in [3.8, 4) is 11.5 Å². The number of hydrogen-bond donors (Lipinski definition) is 3. The fraction of sp³-hybridized carbons (Fsp3) is 0.238. The van der Waals surface area contributed by atoms with Gasteiger partial charge in [-0.15, -0.1) is 0 Å². The first-order chi connectivity index (χ1) is 13.4. The van der Waals surface area contributed by atoms with Crippen LogP contribution >= 0.6 is 0 Å². The number of allylic oxidation sites excluding steroid dienone is 1. The average molecular weight is 381 g/mol. The molecule has 2 aromatic carbocycles. The summed E-state index contributed by atoms with van der Waals surface area (Å²) in [6, 6.07) is 11.8. The third kappa shape index (κ3) is 3.93. The van der Waals surface area contributed by atoms with Crippen LogP contribution in [0.5, 0.6) is 11.5 Å². The van der Waals surface area contributed by atoms with Gasteiger partial charge in [0, 0.05) is 11.4 Å². The van der Waals surface area contributed by atoms with Gasteiger partial charge in [0.2, 0.25) is 0 Å². The lowest BCUT2D eigenvalue weighted by atomic mass is 9.94. The van der Waals surface area contributed by atoms with E-state index in [1.807, 2.05) is 31.2 Å². The smallest absolute Gasteiger partial charge is 0.319 e. The Morgan fingerprint density at radius 3 is 2.46 bits per heavy atom. The summed E-state index contributed by atoms with van der Waals surface area (Å²) in [6.07, 6.45) is 0. The Morgan fingerprint density at radius 1 is 1.04 bits per heavy atom. The molecule has 28 heavy (non-hydrogen) atoms. The monoisotopic (exact) mass is 381 g/mol. The number of anilines is 1. The summed E-state index contributed by atoms with van der Waals surface area (Å²) in [7, 11) is 3.09. The fourth-order valence-corrected chi connectivity index (χ4v) is 3.20. The van der Waals surface area contributed by atoms with Crippen LogP contribution in [0.3, 0.4) is 0 Å². The van der Waals surface area contributed by atoms with Crippen molar-refractivity contribution < 1.29 is 19.1 Å². The minimum atomic E-state index is -0.627. The van der Waals surface area contributed by atoms with Crippen molar-refractivity contribution in [3.05, 3.63) is 64.9 Å². The molecular weight excluding hydrogens is 358 g/mol. The Morgan fingerprint density at radius 2 is 1.79 bits per heavy atom. The van der Waals surface area contributed by atoms with Crippen LogP contribution in [-0.2, 0) is 4.79 Å². The number of carbonyl (C=O) groups is 2. The van der Waals surface area contributed by atoms with Crippen LogP contribution in [0.15, 0.2) is 53.7 Å². The minimum absolute atomic E-state index is 0.296. The molecule has 0 saturated carbocycles. The van der Waals surface area contributed by atoms with Gasteiger partial charge < -0.3 is 25.4 Å². The molecule has 3 amide bonds. The standard InChI is InChI=1S/C21H23N3O4/c1-12-6-5-7-15(10-12)23-20(25)18-13(2)22-21(26)24-19(18)14-8-9-16(27-3)17(11-14)28-4/h5-11,19H,1-4H3,(H,23,25)(H2,22,24,26). The molecule has 1 aliphatic rings. The lowest BCUT2D eigenvalue weighted by molar-refractivity contribution is -0.113. The maximum Gasteiger partial charge on any atom is 0.319 e. The highest BCUT2D eigenvalue weighted by atomic mass is 16.5. The molecular formula is C21H23N3O4. The molecule has 0 bridgehead atoms. The minimum Gasteiger partial charge on any atom is -0.493 e. The molecule has 1 aliphatic heterocycles. The molecule has 0 fully saturated rings. The van der Waals surface area contributed by atoms with E-state index in [-0.39, 0.29) is 11.9 Å². The maximum absolute atomic E-state index is 13.0. The third-order valence-electron chi connectivity index (χ3n) is 4.53. The zero-order chi connectivity index (χ0) is 20.3. The largest absolute Gasteiger partial charge is 0.493 e. The maximum atomic E-state index is 13.0. The lowest BCUT2D eigenvalue weighted by Crippen LogP contribution is -2.46. The van der Waals surface area contributed by atoms with E-state index < -0.39 is 6.04 Å². The first-order valence-corrected chi connectivity index (χ1v) is 8.81. The SMILES string of the molecule is COc1ccc(C2NC(=O)NC(C)=C2C(=O)Nc2cccc(C)c2)cc1OC. The van der Waals surface area contributed by atoms with E-state index in [1.165, 1.54) is 7.11 Å². The Kier molecular flexibility index (Phi) is 5.54. The number of methoxy groups -OCH3 is 2. The molecule has 3 rings (SSSR count). The van der Waals surface area contributed by atoms with Gasteiger partial charge >= 0.3 is 6.03 Å². The van der Waals surface area contributed by atoms with Crippen LogP contribution in [0.4, 0.5) is 10.5 Å². The zero-order valence-corrected chi connectivity index (χ0v) is 16.3. The number of rotatable bonds is 5. The van der Waals surface area contributed by atoms with Crippen LogP contribution in [0.1, 0.15) is 24.1 Å². The summed E-state index contributed by atoms with van der Waals surface area (Å²) in [6.45, 7) is 3.66. The first kappa shape index (κ1) is 19.3. The molecule has 0 saturated heterocycles. The quantitative estimate of drug-likeness (QED) is 0.742. The summed E-state index contributed by atoms with van der Waals surface area (Å²) >= 11 is 0. The Balaban J connectivity index is 1.98. The highest BCUT2D eigenvalue weighted by molar-refractivity contribution is 6.06. The lowest BCUT2D eigenvalue weighted by Gasteiger charge is -2.29. The summed E-state index contributed by atoms with van der Waals surface area (Å²) in [5.41, 5.74) is 3.35. The Hall–Kier alpha value is -3.48.